The molecule has 0 aliphatic heterocycles. The van der Waals surface area contributed by atoms with Gasteiger partial charge in [-0.3, -0.25) is 14.3 Å². The second kappa shape index (κ2) is 10.1. The minimum Gasteiger partial charge on any atom is -0.343 e. The fraction of sp³-hybridized carbons (Fsp3) is 0.167. The van der Waals surface area contributed by atoms with Gasteiger partial charge in [0.15, 0.2) is 0 Å². The molecule has 0 bridgehead atoms. The number of anilines is 2. The van der Waals surface area contributed by atoms with E-state index in [2.05, 4.69) is 15.4 Å². The first-order valence-corrected chi connectivity index (χ1v) is 11.8. The van der Waals surface area contributed by atoms with Gasteiger partial charge in [-0.1, -0.05) is 42.5 Å². The lowest BCUT2D eigenvalue weighted by Crippen LogP contribution is -2.32. The van der Waals surface area contributed by atoms with Crippen LogP contribution in [-0.4, -0.2) is 32.5 Å². The highest BCUT2D eigenvalue weighted by Gasteiger charge is 2.11. The van der Waals surface area contributed by atoms with Gasteiger partial charge < -0.3 is 10.6 Å². The molecule has 3 N–H and O–H groups in total. The van der Waals surface area contributed by atoms with Crippen LogP contribution in [0.4, 0.5) is 11.4 Å². The molecular weight excluding hydrogens is 426 g/mol. The normalized spacial score (nSPS) is 10.9. The lowest BCUT2D eigenvalue weighted by Gasteiger charge is -2.12. The van der Waals surface area contributed by atoms with Gasteiger partial charge in [0.1, 0.15) is 0 Å². The summed E-state index contributed by atoms with van der Waals surface area (Å²) in [5, 5.41) is 5.29. The van der Waals surface area contributed by atoms with Gasteiger partial charge >= 0.3 is 0 Å². The fourth-order valence-corrected chi connectivity index (χ4v) is 3.72. The molecule has 7 nitrogen and oxygen atoms in total. The largest absolute Gasteiger partial charge is 0.343 e. The van der Waals surface area contributed by atoms with E-state index < -0.39 is 10.0 Å². The van der Waals surface area contributed by atoms with Gasteiger partial charge in [-0.25, -0.2) is 8.42 Å². The molecule has 32 heavy (non-hydrogen) atoms. The predicted molar refractivity (Wildman–Crippen MR) is 127 cm³/mol. The molecule has 166 valence electrons. The lowest BCUT2D eigenvalue weighted by atomic mass is 10.0. The molecule has 0 aliphatic carbocycles. The molecule has 3 aromatic carbocycles. The zero-order valence-corrected chi connectivity index (χ0v) is 18.7. The van der Waals surface area contributed by atoms with Crippen LogP contribution in [-0.2, 0) is 14.8 Å². The maximum atomic E-state index is 12.4. The molecule has 0 fully saturated rings. The van der Waals surface area contributed by atoms with Crippen molar-refractivity contribution in [2.75, 3.05) is 22.3 Å². The van der Waals surface area contributed by atoms with Crippen molar-refractivity contribution in [2.24, 2.45) is 0 Å². The number of benzene rings is 3. The van der Waals surface area contributed by atoms with Crippen LogP contribution in [0.25, 0.3) is 11.1 Å². The molecular formula is C24H25N3O4S. The van der Waals surface area contributed by atoms with Gasteiger partial charge in [-0.2, -0.15) is 0 Å². The van der Waals surface area contributed by atoms with Crippen LogP contribution >= 0.6 is 0 Å². The highest BCUT2D eigenvalue weighted by molar-refractivity contribution is 7.92. The van der Waals surface area contributed by atoms with E-state index in [4.69, 9.17) is 0 Å². The number of hydrogen-bond donors (Lipinski definition) is 3. The van der Waals surface area contributed by atoms with E-state index >= 15 is 0 Å². The number of rotatable bonds is 8. The third-order valence-electron chi connectivity index (χ3n) is 4.82. The van der Waals surface area contributed by atoms with E-state index in [9.17, 15) is 18.0 Å². The van der Waals surface area contributed by atoms with Crippen molar-refractivity contribution in [1.29, 1.82) is 0 Å². The van der Waals surface area contributed by atoms with Crippen LogP contribution in [0.5, 0.6) is 0 Å². The molecule has 0 spiro atoms. The number of amides is 2. The standard InChI is InChI=1S/C24H25N3O4S/c1-3-32(30,31)27-22-14-13-21(15-17(22)2)26-23(28)16-25-24(29)20-11-9-19(10-12-20)18-7-5-4-6-8-18/h4-15,27H,3,16H2,1-2H3,(H,25,29)(H,26,28). The summed E-state index contributed by atoms with van der Waals surface area (Å²) in [4.78, 5) is 24.6. The molecule has 0 atom stereocenters. The first kappa shape index (κ1) is 23.0. The zero-order chi connectivity index (χ0) is 23.1. The predicted octanol–water partition coefficient (Wildman–Crippen LogP) is 3.79. The maximum absolute atomic E-state index is 12.4. The molecule has 0 saturated heterocycles. The summed E-state index contributed by atoms with van der Waals surface area (Å²) < 4.78 is 25.9. The van der Waals surface area contributed by atoms with Crippen molar-refractivity contribution in [3.8, 4) is 11.1 Å². The molecule has 8 heteroatoms. The minimum absolute atomic E-state index is 0.0282. The van der Waals surface area contributed by atoms with Gasteiger partial charge in [-0.05, 0) is 60.9 Å². The number of carbonyl (C=O) groups is 2. The summed E-state index contributed by atoms with van der Waals surface area (Å²) in [5.74, 6) is -0.764. The Bertz CT molecular complexity index is 1210. The van der Waals surface area contributed by atoms with Crippen molar-refractivity contribution < 1.29 is 18.0 Å². The second-order valence-electron chi connectivity index (χ2n) is 7.21. The van der Waals surface area contributed by atoms with Crippen LogP contribution in [0.3, 0.4) is 0 Å². The van der Waals surface area contributed by atoms with Crippen LogP contribution < -0.4 is 15.4 Å². The van der Waals surface area contributed by atoms with Crippen LogP contribution in [0.2, 0.25) is 0 Å². The topological polar surface area (TPSA) is 104 Å². The van der Waals surface area contributed by atoms with Crippen molar-refractivity contribution in [2.45, 2.75) is 13.8 Å². The highest BCUT2D eigenvalue weighted by atomic mass is 32.2. The van der Waals surface area contributed by atoms with E-state index in [0.717, 1.165) is 11.1 Å². The summed E-state index contributed by atoms with van der Waals surface area (Å²) in [6, 6.07) is 21.8. The molecule has 0 heterocycles. The van der Waals surface area contributed by atoms with E-state index in [0.29, 0.717) is 22.5 Å². The molecule has 0 aromatic heterocycles. The number of carbonyl (C=O) groups excluding carboxylic acids is 2. The summed E-state index contributed by atoms with van der Waals surface area (Å²) in [6.45, 7) is 3.10. The number of aryl methyl sites for hydroxylation is 1. The van der Waals surface area contributed by atoms with Gasteiger partial charge in [0.05, 0.1) is 18.0 Å². The molecule has 3 rings (SSSR count). The Morgan fingerprint density at radius 3 is 2.16 bits per heavy atom. The minimum atomic E-state index is -3.38. The zero-order valence-electron chi connectivity index (χ0n) is 17.9. The maximum Gasteiger partial charge on any atom is 0.251 e. The van der Waals surface area contributed by atoms with Crippen molar-refractivity contribution in [3.05, 3.63) is 83.9 Å². The summed E-state index contributed by atoms with van der Waals surface area (Å²) >= 11 is 0. The molecule has 0 aliphatic rings. The Kier molecular flexibility index (Phi) is 7.27. The second-order valence-corrected chi connectivity index (χ2v) is 9.22. The van der Waals surface area contributed by atoms with Crippen molar-refractivity contribution in [1.82, 2.24) is 5.32 Å². The average molecular weight is 452 g/mol. The van der Waals surface area contributed by atoms with Crippen LogP contribution in [0.15, 0.2) is 72.8 Å². The monoisotopic (exact) mass is 451 g/mol. The Labute approximate surface area is 187 Å². The Balaban J connectivity index is 1.54. The van der Waals surface area contributed by atoms with Crippen LogP contribution in [0, 0.1) is 6.92 Å². The van der Waals surface area contributed by atoms with Gasteiger partial charge in [0.2, 0.25) is 15.9 Å². The average Bonchev–Trinajstić information content (AvgIpc) is 2.80. The molecule has 2 amide bonds. The van der Waals surface area contributed by atoms with Gasteiger partial charge in [0.25, 0.3) is 5.91 Å². The van der Waals surface area contributed by atoms with Gasteiger partial charge in [0, 0.05) is 11.3 Å². The van der Waals surface area contributed by atoms with E-state index in [-0.39, 0.29) is 24.1 Å². The van der Waals surface area contributed by atoms with Gasteiger partial charge in [-0.15, -0.1) is 0 Å². The van der Waals surface area contributed by atoms with Crippen molar-refractivity contribution in [3.63, 3.8) is 0 Å². The molecule has 0 saturated carbocycles. The third-order valence-corrected chi connectivity index (χ3v) is 6.11. The first-order valence-electron chi connectivity index (χ1n) is 10.1. The molecule has 3 aromatic rings. The summed E-state index contributed by atoms with van der Waals surface area (Å²) in [7, 11) is -3.38. The fourth-order valence-electron chi connectivity index (χ4n) is 3.01. The van der Waals surface area contributed by atoms with Crippen LogP contribution in [0.1, 0.15) is 22.8 Å². The van der Waals surface area contributed by atoms with E-state index in [1.54, 1.807) is 44.2 Å². The molecule has 0 radical (unpaired) electrons. The Morgan fingerprint density at radius 2 is 1.53 bits per heavy atom. The number of sulfonamides is 1. The number of hydrogen-bond acceptors (Lipinski definition) is 4. The smallest absolute Gasteiger partial charge is 0.251 e. The third kappa shape index (κ3) is 6.18. The summed E-state index contributed by atoms with van der Waals surface area (Å²) in [6.07, 6.45) is 0. The first-order chi connectivity index (χ1) is 15.3. The Morgan fingerprint density at radius 1 is 0.875 bits per heavy atom. The Hall–Kier alpha value is -3.65. The van der Waals surface area contributed by atoms with E-state index in [1.165, 1.54) is 0 Å². The lowest BCUT2D eigenvalue weighted by molar-refractivity contribution is -0.115. The van der Waals surface area contributed by atoms with E-state index in [1.807, 2.05) is 42.5 Å². The quantitative estimate of drug-likeness (QED) is 0.485. The number of nitrogens with one attached hydrogen (secondary N) is 3. The SMILES string of the molecule is CCS(=O)(=O)Nc1ccc(NC(=O)CNC(=O)c2ccc(-c3ccccc3)cc2)cc1C. The highest BCUT2D eigenvalue weighted by Crippen LogP contribution is 2.21. The van der Waals surface area contributed by atoms with Crippen molar-refractivity contribution >= 4 is 33.2 Å². The molecule has 0 unspecified atom stereocenters. The summed E-state index contributed by atoms with van der Waals surface area (Å²) in [5.41, 5.74) is 4.15.